The van der Waals surface area contributed by atoms with Gasteiger partial charge in [-0.1, -0.05) is 32.9 Å². The highest BCUT2D eigenvalue weighted by Crippen LogP contribution is 2.29. The summed E-state index contributed by atoms with van der Waals surface area (Å²) in [5, 5.41) is 4.86. The van der Waals surface area contributed by atoms with Gasteiger partial charge in [-0.15, -0.1) is 11.3 Å². The molecule has 0 unspecified atom stereocenters. The Morgan fingerprint density at radius 1 is 1.12 bits per heavy atom. The summed E-state index contributed by atoms with van der Waals surface area (Å²) in [6.45, 7) is 10.7. The predicted octanol–water partition coefficient (Wildman–Crippen LogP) is 4.01. The van der Waals surface area contributed by atoms with Crippen LogP contribution in [0, 0.1) is 5.41 Å². The van der Waals surface area contributed by atoms with Gasteiger partial charge in [-0.2, -0.15) is 8.42 Å². The molecule has 9 nitrogen and oxygen atoms in total. The average Bonchev–Trinajstić information content (AvgIpc) is 3.05. The van der Waals surface area contributed by atoms with Crippen LogP contribution in [0.15, 0.2) is 29.6 Å². The Morgan fingerprint density at radius 3 is 2.22 bits per heavy atom. The number of esters is 1. The number of aromatic nitrogens is 1. The largest absolute Gasteiger partial charge is 0.459 e. The molecule has 1 atom stereocenters. The third-order valence-electron chi connectivity index (χ3n) is 4.11. The number of rotatable bonds is 7. The molecule has 1 aromatic heterocycles. The molecule has 0 saturated heterocycles. The molecule has 0 fully saturated rings. The number of thiazole rings is 1. The summed E-state index contributed by atoms with van der Waals surface area (Å²) < 4.78 is 38.3. The molecule has 176 valence electrons. The van der Waals surface area contributed by atoms with Gasteiger partial charge in [0.1, 0.15) is 11.5 Å². The molecule has 0 spiro atoms. The average molecular weight is 484 g/mol. The van der Waals surface area contributed by atoms with Gasteiger partial charge in [-0.25, -0.2) is 4.98 Å². The van der Waals surface area contributed by atoms with Crippen LogP contribution in [0.5, 0.6) is 0 Å². The van der Waals surface area contributed by atoms with Crippen molar-refractivity contribution in [1.29, 1.82) is 0 Å². The lowest BCUT2D eigenvalue weighted by molar-refractivity contribution is -0.156. The standard InChI is InChI=1S/C21H29N3O6S2/c1-20(2,3)18(26)23-19-22-16(12-31-19)15(17(25)30-21(4,5)6)11-13-7-9-14(10-8-13)24-32(27,28)29/h7-10,12,15,24H,11H2,1-6H3,(H,22,23,26)(H,27,28,29)/t15-/m0/s1. The fraction of sp³-hybridized carbons (Fsp3) is 0.476. The second-order valence-electron chi connectivity index (χ2n) is 9.35. The molecule has 0 saturated carbocycles. The Bertz CT molecular complexity index is 1060. The molecule has 11 heteroatoms. The predicted molar refractivity (Wildman–Crippen MR) is 124 cm³/mol. The van der Waals surface area contributed by atoms with E-state index in [4.69, 9.17) is 9.29 Å². The van der Waals surface area contributed by atoms with Crippen LogP contribution >= 0.6 is 11.3 Å². The second-order valence-corrected chi connectivity index (χ2v) is 11.4. The Hall–Kier alpha value is -2.50. The van der Waals surface area contributed by atoms with Crippen LogP contribution in [0.4, 0.5) is 10.8 Å². The molecule has 32 heavy (non-hydrogen) atoms. The fourth-order valence-corrected chi connectivity index (χ4v) is 3.76. The summed E-state index contributed by atoms with van der Waals surface area (Å²) in [6, 6.07) is 6.23. The highest BCUT2D eigenvalue weighted by molar-refractivity contribution is 7.87. The maximum absolute atomic E-state index is 12.9. The molecule has 3 N–H and O–H groups in total. The Morgan fingerprint density at radius 2 is 1.72 bits per heavy atom. The monoisotopic (exact) mass is 483 g/mol. The number of carbonyl (C=O) groups is 2. The first-order valence-electron chi connectivity index (χ1n) is 9.87. The zero-order valence-electron chi connectivity index (χ0n) is 18.9. The second kappa shape index (κ2) is 9.55. The Kier molecular flexibility index (Phi) is 7.69. The zero-order chi connectivity index (χ0) is 24.3. The number of hydrogen-bond acceptors (Lipinski definition) is 7. The van der Waals surface area contributed by atoms with Crippen molar-refractivity contribution >= 4 is 44.3 Å². The van der Waals surface area contributed by atoms with E-state index in [9.17, 15) is 18.0 Å². The fourth-order valence-electron chi connectivity index (χ4n) is 2.56. The SMILES string of the molecule is CC(C)(C)OC(=O)[C@@H](Cc1ccc(NS(=O)(=O)O)cc1)c1csc(NC(=O)C(C)(C)C)n1. The quantitative estimate of drug-likeness (QED) is 0.400. The third-order valence-corrected chi connectivity index (χ3v) is 5.38. The van der Waals surface area contributed by atoms with E-state index in [1.807, 2.05) is 4.72 Å². The molecule has 0 aliphatic carbocycles. The van der Waals surface area contributed by atoms with Gasteiger partial charge in [0, 0.05) is 10.8 Å². The number of nitrogens with one attached hydrogen (secondary N) is 2. The maximum Gasteiger partial charge on any atom is 0.357 e. The summed E-state index contributed by atoms with van der Waals surface area (Å²) in [5.74, 6) is -1.38. The first-order valence-corrected chi connectivity index (χ1v) is 12.2. The number of nitrogens with zero attached hydrogens (tertiary/aromatic N) is 1. The van der Waals surface area contributed by atoms with Crippen molar-refractivity contribution in [2.45, 2.75) is 59.5 Å². The minimum Gasteiger partial charge on any atom is -0.459 e. The van der Waals surface area contributed by atoms with Crippen LogP contribution in [0.1, 0.15) is 58.7 Å². The van der Waals surface area contributed by atoms with Gasteiger partial charge in [0.2, 0.25) is 5.91 Å². The van der Waals surface area contributed by atoms with E-state index in [2.05, 4.69) is 10.3 Å². The molecular weight excluding hydrogens is 454 g/mol. The lowest BCUT2D eigenvalue weighted by Crippen LogP contribution is -2.29. The molecule has 2 aromatic rings. The topological polar surface area (TPSA) is 135 Å². The molecule has 1 heterocycles. The maximum atomic E-state index is 12.9. The number of hydrogen-bond donors (Lipinski definition) is 3. The van der Waals surface area contributed by atoms with E-state index in [1.165, 1.54) is 23.5 Å². The Labute approximate surface area is 192 Å². The molecule has 0 radical (unpaired) electrons. The molecule has 0 aliphatic rings. The van der Waals surface area contributed by atoms with Gasteiger partial charge >= 0.3 is 16.3 Å². The molecule has 1 aromatic carbocycles. The molecular formula is C21H29N3O6S2. The molecule has 1 amide bonds. The highest BCUT2D eigenvalue weighted by atomic mass is 32.2. The normalized spacial score (nSPS) is 13.3. The number of benzene rings is 1. The number of ether oxygens (including phenoxy) is 1. The lowest BCUT2D eigenvalue weighted by Gasteiger charge is -2.23. The van der Waals surface area contributed by atoms with Crippen LogP contribution in [-0.2, 0) is 31.1 Å². The van der Waals surface area contributed by atoms with Crippen molar-refractivity contribution < 1.29 is 27.3 Å². The minimum absolute atomic E-state index is 0.186. The van der Waals surface area contributed by atoms with Crippen molar-refractivity contribution in [1.82, 2.24) is 4.98 Å². The summed E-state index contributed by atoms with van der Waals surface area (Å²) in [4.78, 5) is 29.6. The van der Waals surface area contributed by atoms with Gasteiger partial charge < -0.3 is 10.1 Å². The summed E-state index contributed by atoms with van der Waals surface area (Å²) in [5.41, 5.74) is 0.0982. The van der Waals surface area contributed by atoms with Gasteiger partial charge in [0.25, 0.3) is 0 Å². The van der Waals surface area contributed by atoms with Crippen molar-refractivity contribution in [2.75, 3.05) is 10.0 Å². The number of amides is 1. The van der Waals surface area contributed by atoms with E-state index in [0.29, 0.717) is 10.8 Å². The first-order chi connectivity index (χ1) is 14.5. The summed E-state index contributed by atoms with van der Waals surface area (Å²) in [6.07, 6.45) is 0.247. The van der Waals surface area contributed by atoms with Crippen LogP contribution in [-0.4, -0.2) is 35.4 Å². The number of anilines is 2. The van der Waals surface area contributed by atoms with Crippen LogP contribution in [0.2, 0.25) is 0 Å². The van der Waals surface area contributed by atoms with Gasteiger partial charge in [-0.05, 0) is 44.9 Å². The van der Waals surface area contributed by atoms with E-state index < -0.39 is 33.2 Å². The van der Waals surface area contributed by atoms with E-state index in [0.717, 1.165) is 5.56 Å². The lowest BCUT2D eigenvalue weighted by atomic mass is 9.96. The number of carbonyl (C=O) groups excluding carboxylic acids is 2. The van der Waals surface area contributed by atoms with Crippen molar-refractivity contribution in [3.63, 3.8) is 0 Å². The van der Waals surface area contributed by atoms with Gasteiger partial charge in [0.05, 0.1) is 11.4 Å². The van der Waals surface area contributed by atoms with Crippen molar-refractivity contribution in [3.8, 4) is 0 Å². The highest BCUT2D eigenvalue weighted by Gasteiger charge is 2.30. The smallest absolute Gasteiger partial charge is 0.357 e. The minimum atomic E-state index is -4.37. The Balaban J connectivity index is 2.28. The third kappa shape index (κ3) is 8.21. The summed E-state index contributed by atoms with van der Waals surface area (Å²) in [7, 11) is -4.37. The molecule has 2 rings (SSSR count). The van der Waals surface area contributed by atoms with E-state index in [1.54, 1.807) is 59.1 Å². The van der Waals surface area contributed by atoms with E-state index >= 15 is 0 Å². The summed E-state index contributed by atoms with van der Waals surface area (Å²) >= 11 is 1.22. The van der Waals surface area contributed by atoms with Crippen molar-refractivity contribution in [3.05, 3.63) is 40.9 Å². The zero-order valence-corrected chi connectivity index (χ0v) is 20.6. The first kappa shape index (κ1) is 25.8. The van der Waals surface area contributed by atoms with Gasteiger partial charge in [-0.3, -0.25) is 18.9 Å². The van der Waals surface area contributed by atoms with E-state index in [-0.39, 0.29) is 18.0 Å². The molecule has 0 aliphatic heterocycles. The molecule has 0 bridgehead atoms. The van der Waals surface area contributed by atoms with Crippen LogP contribution < -0.4 is 10.0 Å². The van der Waals surface area contributed by atoms with Crippen LogP contribution in [0.25, 0.3) is 0 Å². The van der Waals surface area contributed by atoms with Crippen LogP contribution in [0.3, 0.4) is 0 Å². The van der Waals surface area contributed by atoms with Crippen molar-refractivity contribution in [2.24, 2.45) is 5.41 Å². The van der Waals surface area contributed by atoms with Gasteiger partial charge in [0.15, 0.2) is 5.13 Å².